The van der Waals surface area contributed by atoms with Crippen LogP contribution in [0.3, 0.4) is 0 Å². The first-order valence-corrected chi connectivity index (χ1v) is 7.80. The first-order valence-electron chi connectivity index (χ1n) is 7.80. The van der Waals surface area contributed by atoms with Gasteiger partial charge in [-0.15, -0.1) is 0 Å². The van der Waals surface area contributed by atoms with E-state index in [1.807, 2.05) is 32.0 Å². The molecule has 0 saturated carbocycles. The number of methoxy groups -OCH3 is 1. The van der Waals surface area contributed by atoms with Gasteiger partial charge in [-0.25, -0.2) is 4.98 Å². The normalized spacial score (nSPS) is 10.5. The summed E-state index contributed by atoms with van der Waals surface area (Å²) in [7, 11) is 1.62. The molecule has 0 radical (unpaired) electrons. The number of carbonyl (C=O) groups is 1. The van der Waals surface area contributed by atoms with Crippen molar-refractivity contribution in [2.24, 2.45) is 0 Å². The second kappa shape index (κ2) is 9.00. The molecule has 0 aliphatic rings. The van der Waals surface area contributed by atoms with Gasteiger partial charge in [0.05, 0.1) is 13.2 Å². The van der Waals surface area contributed by atoms with Crippen molar-refractivity contribution in [3.8, 4) is 11.6 Å². The van der Waals surface area contributed by atoms with Crippen molar-refractivity contribution in [1.82, 2.24) is 10.3 Å². The summed E-state index contributed by atoms with van der Waals surface area (Å²) in [5.41, 5.74) is 2.72. The number of ether oxygens (including phenoxy) is 2. The third-order valence-electron chi connectivity index (χ3n) is 3.58. The van der Waals surface area contributed by atoms with Crippen molar-refractivity contribution in [2.75, 3.05) is 32.1 Å². The second-order valence-electron chi connectivity index (χ2n) is 5.37. The number of nitrogens with one attached hydrogen (secondary N) is 2. The first kappa shape index (κ1) is 17.9. The van der Waals surface area contributed by atoms with E-state index in [-0.39, 0.29) is 12.5 Å². The van der Waals surface area contributed by atoms with Crippen LogP contribution >= 0.6 is 0 Å². The number of aromatic nitrogens is 1. The molecule has 6 heteroatoms. The summed E-state index contributed by atoms with van der Waals surface area (Å²) < 4.78 is 10.8. The number of anilines is 1. The van der Waals surface area contributed by atoms with Gasteiger partial charge in [-0.3, -0.25) is 4.79 Å². The molecule has 1 heterocycles. The Kier molecular flexibility index (Phi) is 6.72. The summed E-state index contributed by atoms with van der Waals surface area (Å²) >= 11 is 0. The molecule has 1 amide bonds. The fraction of sp³-hybridized carbons (Fsp3) is 0.333. The van der Waals surface area contributed by atoms with Crippen LogP contribution in [0.1, 0.15) is 11.1 Å². The van der Waals surface area contributed by atoms with Crippen LogP contribution in [-0.4, -0.2) is 37.7 Å². The van der Waals surface area contributed by atoms with E-state index < -0.39 is 0 Å². The first-order chi connectivity index (χ1) is 11.6. The number of carbonyl (C=O) groups excluding carboxylic acids is 1. The Morgan fingerprint density at radius 1 is 1.21 bits per heavy atom. The molecule has 24 heavy (non-hydrogen) atoms. The van der Waals surface area contributed by atoms with Crippen LogP contribution in [0.2, 0.25) is 0 Å². The lowest BCUT2D eigenvalue weighted by Crippen LogP contribution is -2.30. The van der Waals surface area contributed by atoms with Gasteiger partial charge in [0.25, 0.3) is 0 Å². The third-order valence-corrected chi connectivity index (χ3v) is 3.58. The Balaban J connectivity index is 2.04. The van der Waals surface area contributed by atoms with E-state index >= 15 is 0 Å². The largest absolute Gasteiger partial charge is 0.437 e. The van der Waals surface area contributed by atoms with Gasteiger partial charge in [-0.1, -0.05) is 12.1 Å². The Labute approximate surface area is 142 Å². The predicted molar refractivity (Wildman–Crippen MR) is 93.6 cm³/mol. The maximum absolute atomic E-state index is 12.0. The molecule has 0 unspecified atom stereocenters. The van der Waals surface area contributed by atoms with Crippen LogP contribution in [0.15, 0.2) is 36.5 Å². The van der Waals surface area contributed by atoms with Crippen LogP contribution in [0, 0.1) is 13.8 Å². The van der Waals surface area contributed by atoms with E-state index in [0.717, 1.165) is 16.9 Å². The van der Waals surface area contributed by atoms with Crippen molar-refractivity contribution in [3.63, 3.8) is 0 Å². The molecule has 6 nitrogen and oxygen atoms in total. The molecule has 0 aliphatic carbocycles. The number of nitrogens with zero attached hydrogens (tertiary/aromatic N) is 1. The summed E-state index contributed by atoms with van der Waals surface area (Å²) in [4.78, 5) is 16.2. The maximum Gasteiger partial charge on any atom is 0.243 e. The van der Waals surface area contributed by atoms with Crippen LogP contribution in [0.25, 0.3) is 0 Å². The van der Waals surface area contributed by atoms with Crippen molar-refractivity contribution in [2.45, 2.75) is 13.8 Å². The Bertz CT molecular complexity index is 689. The number of pyridine rings is 1. The summed E-state index contributed by atoms with van der Waals surface area (Å²) in [5.74, 6) is 0.934. The van der Waals surface area contributed by atoms with Crippen LogP contribution in [0.4, 0.5) is 5.69 Å². The molecule has 0 aliphatic heterocycles. The molecule has 1 aromatic carbocycles. The van der Waals surface area contributed by atoms with Gasteiger partial charge in [-0.05, 0) is 43.2 Å². The standard InChI is InChI=1S/C18H23N3O3/c1-13-6-4-8-16(14(13)2)24-18-15(7-5-9-20-18)21-17(22)12-19-10-11-23-3/h4-9,19H,10-12H2,1-3H3,(H,21,22). The van der Waals surface area contributed by atoms with Crippen molar-refractivity contribution in [3.05, 3.63) is 47.7 Å². The van der Waals surface area contributed by atoms with E-state index in [1.165, 1.54) is 0 Å². The lowest BCUT2D eigenvalue weighted by molar-refractivity contribution is -0.115. The maximum atomic E-state index is 12.0. The molecule has 2 rings (SSSR count). The minimum atomic E-state index is -0.162. The third kappa shape index (κ3) is 5.04. The molecule has 2 aromatic rings. The average Bonchev–Trinajstić information content (AvgIpc) is 2.57. The van der Waals surface area contributed by atoms with E-state index in [9.17, 15) is 4.79 Å². The fourth-order valence-corrected chi connectivity index (χ4v) is 2.08. The topological polar surface area (TPSA) is 72.5 Å². The van der Waals surface area contributed by atoms with Crippen molar-refractivity contribution < 1.29 is 14.3 Å². The molecule has 0 saturated heterocycles. The Hall–Kier alpha value is -2.44. The zero-order valence-corrected chi connectivity index (χ0v) is 14.3. The molecular formula is C18H23N3O3. The van der Waals surface area contributed by atoms with E-state index in [1.54, 1.807) is 25.4 Å². The summed E-state index contributed by atoms with van der Waals surface area (Å²) in [5, 5.41) is 5.81. The highest BCUT2D eigenvalue weighted by Crippen LogP contribution is 2.30. The smallest absolute Gasteiger partial charge is 0.243 e. The highest BCUT2D eigenvalue weighted by Gasteiger charge is 2.11. The minimum absolute atomic E-state index is 0.162. The van der Waals surface area contributed by atoms with E-state index in [0.29, 0.717) is 24.7 Å². The van der Waals surface area contributed by atoms with Crippen molar-refractivity contribution in [1.29, 1.82) is 0 Å². The van der Waals surface area contributed by atoms with Gasteiger partial charge in [-0.2, -0.15) is 0 Å². The van der Waals surface area contributed by atoms with Gasteiger partial charge >= 0.3 is 0 Å². The average molecular weight is 329 g/mol. The molecule has 0 bridgehead atoms. The zero-order valence-electron chi connectivity index (χ0n) is 14.3. The van der Waals surface area contributed by atoms with Gasteiger partial charge in [0.15, 0.2) is 0 Å². The molecular weight excluding hydrogens is 306 g/mol. The van der Waals surface area contributed by atoms with Gasteiger partial charge in [0, 0.05) is 19.9 Å². The molecule has 0 fully saturated rings. The van der Waals surface area contributed by atoms with Gasteiger partial charge in [0.1, 0.15) is 11.4 Å². The number of rotatable bonds is 8. The van der Waals surface area contributed by atoms with Crippen molar-refractivity contribution >= 4 is 11.6 Å². The number of aryl methyl sites for hydroxylation is 1. The van der Waals surface area contributed by atoms with E-state index in [2.05, 4.69) is 15.6 Å². The molecule has 0 atom stereocenters. The lowest BCUT2D eigenvalue weighted by atomic mass is 10.1. The Morgan fingerprint density at radius 2 is 2.04 bits per heavy atom. The monoisotopic (exact) mass is 329 g/mol. The number of benzene rings is 1. The lowest BCUT2D eigenvalue weighted by Gasteiger charge is -2.13. The summed E-state index contributed by atoms with van der Waals surface area (Å²) in [6, 6.07) is 9.35. The highest BCUT2D eigenvalue weighted by atomic mass is 16.5. The SMILES string of the molecule is COCCNCC(=O)Nc1cccnc1Oc1cccc(C)c1C. The second-order valence-corrected chi connectivity index (χ2v) is 5.37. The van der Waals surface area contributed by atoms with Crippen LogP contribution in [0.5, 0.6) is 11.6 Å². The number of hydrogen-bond donors (Lipinski definition) is 2. The Morgan fingerprint density at radius 3 is 2.83 bits per heavy atom. The van der Waals surface area contributed by atoms with Gasteiger partial charge < -0.3 is 20.1 Å². The minimum Gasteiger partial charge on any atom is -0.437 e. The quantitative estimate of drug-likeness (QED) is 0.729. The summed E-state index contributed by atoms with van der Waals surface area (Å²) in [6.45, 7) is 5.38. The molecule has 2 N–H and O–H groups in total. The molecule has 0 spiro atoms. The number of hydrogen-bond acceptors (Lipinski definition) is 5. The van der Waals surface area contributed by atoms with Gasteiger partial charge in [0.2, 0.25) is 11.8 Å². The van der Waals surface area contributed by atoms with Crippen LogP contribution in [-0.2, 0) is 9.53 Å². The summed E-state index contributed by atoms with van der Waals surface area (Å²) in [6.07, 6.45) is 1.63. The molecule has 1 aromatic heterocycles. The molecule has 128 valence electrons. The van der Waals surface area contributed by atoms with Crippen LogP contribution < -0.4 is 15.4 Å². The number of amides is 1. The highest BCUT2D eigenvalue weighted by molar-refractivity contribution is 5.93. The zero-order chi connectivity index (χ0) is 17.4. The fourth-order valence-electron chi connectivity index (χ4n) is 2.08. The predicted octanol–water partition coefficient (Wildman–Crippen LogP) is 2.67. The van der Waals surface area contributed by atoms with E-state index in [4.69, 9.17) is 9.47 Å².